The zero-order chi connectivity index (χ0) is 27.1. The van der Waals surface area contributed by atoms with Crippen molar-refractivity contribution in [2.24, 2.45) is 5.10 Å². The second-order valence-electron chi connectivity index (χ2n) is 8.13. The maximum absolute atomic E-state index is 12.7. The van der Waals surface area contributed by atoms with Gasteiger partial charge in [0.25, 0.3) is 5.91 Å². The lowest BCUT2D eigenvalue weighted by molar-refractivity contribution is 0.0733. The molecule has 4 aromatic rings. The molecule has 0 fully saturated rings. The third kappa shape index (κ3) is 7.22. The molecule has 0 unspecified atom stereocenters. The van der Waals surface area contributed by atoms with Gasteiger partial charge in [-0.2, -0.15) is 5.10 Å². The van der Waals surface area contributed by atoms with Gasteiger partial charge < -0.3 is 9.47 Å². The van der Waals surface area contributed by atoms with Crippen molar-refractivity contribution in [2.45, 2.75) is 13.5 Å². The van der Waals surface area contributed by atoms with Crippen LogP contribution in [0.25, 0.3) is 0 Å². The number of amides is 1. The van der Waals surface area contributed by atoms with Crippen molar-refractivity contribution in [1.82, 2.24) is 5.43 Å². The van der Waals surface area contributed by atoms with Crippen LogP contribution in [0.15, 0.2) is 94.5 Å². The topological polar surface area (TPSA) is 77.0 Å². The van der Waals surface area contributed by atoms with Crippen LogP contribution in [0, 0.1) is 6.92 Å². The van der Waals surface area contributed by atoms with Gasteiger partial charge in [-0.05, 0) is 73.2 Å². The average Bonchev–Trinajstić information content (AvgIpc) is 2.90. The summed E-state index contributed by atoms with van der Waals surface area (Å²) in [6.45, 7) is 2.10. The molecule has 38 heavy (non-hydrogen) atoms. The molecule has 0 aliphatic carbocycles. The van der Waals surface area contributed by atoms with Crippen molar-refractivity contribution in [3.63, 3.8) is 0 Å². The van der Waals surface area contributed by atoms with Gasteiger partial charge in [0, 0.05) is 31.2 Å². The fraction of sp³-hybridized carbons (Fsp3) is 0.0690. The van der Waals surface area contributed by atoms with E-state index in [1.54, 1.807) is 72.8 Å². The molecule has 0 heterocycles. The summed E-state index contributed by atoms with van der Waals surface area (Å²) >= 11 is 15.5. The number of hydrogen-bond acceptors (Lipinski definition) is 5. The van der Waals surface area contributed by atoms with Crippen molar-refractivity contribution >= 4 is 57.2 Å². The van der Waals surface area contributed by atoms with Gasteiger partial charge in [0.05, 0.1) is 11.8 Å². The highest BCUT2D eigenvalue weighted by molar-refractivity contribution is 9.10. The van der Waals surface area contributed by atoms with Crippen LogP contribution >= 0.6 is 39.1 Å². The van der Waals surface area contributed by atoms with E-state index in [1.807, 2.05) is 19.1 Å². The van der Waals surface area contributed by atoms with Crippen LogP contribution in [-0.4, -0.2) is 18.1 Å². The lowest BCUT2D eigenvalue weighted by atomic mass is 10.1. The highest BCUT2D eigenvalue weighted by atomic mass is 79.9. The van der Waals surface area contributed by atoms with Gasteiger partial charge in [-0.15, -0.1) is 0 Å². The number of rotatable bonds is 8. The number of ether oxygens (including phenoxy) is 2. The zero-order valence-corrected chi connectivity index (χ0v) is 23.2. The van der Waals surface area contributed by atoms with Crippen LogP contribution in [0.5, 0.6) is 11.5 Å². The molecule has 0 aliphatic heterocycles. The van der Waals surface area contributed by atoms with E-state index in [2.05, 4.69) is 26.5 Å². The number of nitrogens with zero attached hydrogens (tertiary/aromatic N) is 1. The van der Waals surface area contributed by atoms with Crippen molar-refractivity contribution in [1.29, 1.82) is 0 Å². The van der Waals surface area contributed by atoms with Crippen LogP contribution in [0.4, 0.5) is 0 Å². The fourth-order valence-electron chi connectivity index (χ4n) is 3.40. The lowest BCUT2D eigenvalue weighted by Crippen LogP contribution is -2.17. The summed E-state index contributed by atoms with van der Waals surface area (Å²) in [5.41, 5.74) is 5.45. The van der Waals surface area contributed by atoms with Crippen molar-refractivity contribution in [3.8, 4) is 11.5 Å². The van der Waals surface area contributed by atoms with Gasteiger partial charge in [-0.25, -0.2) is 10.2 Å². The van der Waals surface area contributed by atoms with Crippen LogP contribution in [0.2, 0.25) is 10.0 Å². The Bertz CT molecular complexity index is 1510. The highest BCUT2D eigenvalue weighted by Crippen LogP contribution is 2.24. The summed E-state index contributed by atoms with van der Waals surface area (Å²) in [6.07, 6.45) is 1.41. The van der Waals surface area contributed by atoms with Gasteiger partial charge in [0.15, 0.2) is 0 Å². The zero-order valence-electron chi connectivity index (χ0n) is 20.1. The molecule has 0 bridgehead atoms. The molecule has 6 nitrogen and oxygen atoms in total. The van der Waals surface area contributed by atoms with Gasteiger partial charge in [0.2, 0.25) is 0 Å². The van der Waals surface area contributed by atoms with Gasteiger partial charge in [-0.1, -0.05) is 63.4 Å². The van der Waals surface area contributed by atoms with Crippen molar-refractivity contribution in [2.75, 3.05) is 0 Å². The van der Waals surface area contributed by atoms with E-state index in [-0.39, 0.29) is 6.61 Å². The molecule has 9 heteroatoms. The lowest BCUT2D eigenvalue weighted by Gasteiger charge is -2.10. The molecule has 0 saturated carbocycles. The number of aryl methyl sites for hydroxylation is 1. The first kappa shape index (κ1) is 27.4. The minimum Gasteiger partial charge on any atom is -0.489 e. The Morgan fingerprint density at radius 1 is 0.974 bits per heavy atom. The smallest absolute Gasteiger partial charge is 0.343 e. The molecule has 192 valence electrons. The Labute approximate surface area is 238 Å². The number of carbonyl (C=O) groups excluding carboxylic acids is 2. The van der Waals surface area contributed by atoms with Crippen LogP contribution in [0.3, 0.4) is 0 Å². The maximum Gasteiger partial charge on any atom is 0.343 e. The molecular formula is C29H21BrCl2N2O4. The minimum atomic E-state index is -0.482. The summed E-state index contributed by atoms with van der Waals surface area (Å²) < 4.78 is 12.1. The molecule has 1 N–H and O–H groups in total. The van der Waals surface area contributed by atoms with E-state index in [4.69, 9.17) is 32.7 Å². The summed E-state index contributed by atoms with van der Waals surface area (Å²) in [6, 6.07) is 24.1. The normalized spacial score (nSPS) is 10.8. The van der Waals surface area contributed by atoms with E-state index < -0.39 is 11.9 Å². The molecule has 0 aromatic heterocycles. The second kappa shape index (κ2) is 12.7. The molecule has 0 radical (unpaired) electrons. The van der Waals surface area contributed by atoms with Crippen molar-refractivity contribution in [3.05, 3.63) is 127 Å². The van der Waals surface area contributed by atoms with Gasteiger partial charge in [0.1, 0.15) is 18.1 Å². The van der Waals surface area contributed by atoms with E-state index >= 15 is 0 Å². The molecule has 0 spiro atoms. The molecule has 0 atom stereocenters. The van der Waals surface area contributed by atoms with E-state index in [9.17, 15) is 9.59 Å². The van der Waals surface area contributed by atoms with Crippen LogP contribution in [-0.2, 0) is 6.61 Å². The van der Waals surface area contributed by atoms with Crippen LogP contribution in [0.1, 0.15) is 37.4 Å². The van der Waals surface area contributed by atoms with E-state index in [0.717, 1.165) is 15.6 Å². The first-order valence-corrected chi connectivity index (χ1v) is 12.9. The third-order valence-corrected chi connectivity index (χ3v) is 6.52. The largest absolute Gasteiger partial charge is 0.489 e. The molecule has 4 rings (SSSR count). The van der Waals surface area contributed by atoms with E-state index in [1.165, 1.54) is 6.21 Å². The number of hydrogen-bond donors (Lipinski definition) is 1. The molecule has 4 aromatic carbocycles. The fourth-order valence-corrected chi connectivity index (χ4v) is 4.24. The quantitative estimate of drug-likeness (QED) is 0.0962. The number of benzene rings is 4. The number of nitrogens with one attached hydrogen (secondary N) is 1. The highest BCUT2D eigenvalue weighted by Gasteiger charge is 2.14. The number of esters is 1. The predicted molar refractivity (Wildman–Crippen MR) is 153 cm³/mol. The number of halogens is 3. The Balaban J connectivity index is 1.37. The molecular weight excluding hydrogens is 591 g/mol. The third-order valence-electron chi connectivity index (χ3n) is 5.44. The summed E-state index contributed by atoms with van der Waals surface area (Å²) in [7, 11) is 0. The number of hydrazone groups is 1. The number of carbonyl (C=O) groups is 2. The maximum atomic E-state index is 12.7. The monoisotopic (exact) mass is 610 g/mol. The molecule has 0 aliphatic rings. The standard InChI is InChI=1S/C29H21BrCl2N2O4/c1-18-4-2-3-5-25(18)29(36)38-27-13-9-22(30)14-21(27)16-33-34-28(35)19-7-11-24(12-8-19)37-17-20-6-10-23(31)15-26(20)32/h2-16H,17H2,1H3,(H,34,35)/b33-16+. The summed E-state index contributed by atoms with van der Waals surface area (Å²) in [5, 5.41) is 5.11. The average molecular weight is 612 g/mol. The summed E-state index contributed by atoms with van der Waals surface area (Å²) in [4.78, 5) is 25.2. The Kier molecular flexibility index (Phi) is 9.18. The second-order valence-corrected chi connectivity index (χ2v) is 9.89. The Morgan fingerprint density at radius 2 is 1.74 bits per heavy atom. The first-order chi connectivity index (χ1) is 18.3. The molecule has 0 saturated heterocycles. The van der Waals surface area contributed by atoms with Crippen molar-refractivity contribution < 1.29 is 19.1 Å². The summed E-state index contributed by atoms with van der Waals surface area (Å²) in [5.74, 6) is -0.0150. The minimum absolute atomic E-state index is 0.259. The first-order valence-electron chi connectivity index (χ1n) is 11.4. The van der Waals surface area contributed by atoms with Crippen LogP contribution < -0.4 is 14.9 Å². The molecule has 1 amide bonds. The SMILES string of the molecule is Cc1ccccc1C(=O)Oc1ccc(Br)cc1/C=N/NC(=O)c1ccc(OCc2ccc(Cl)cc2Cl)cc1. The Hall–Kier alpha value is -3.65. The van der Waals surface area contributed by atoms with E-state index in [0.29, 0.717) is 38.2 Å². The Morgan fingerprint density at radius 3 is 2.47 bits per heavy atom. The predicted octanol–water partition coefficient (Wildman–Crippen LogP) is 7.63. The van der Waals surface area contributed by atoms with Gasteiger partial charge >= 0.3 is 5.97 Å². The van der Waals surface area contributed by atoms with Gasteiger partial charge in [-0.3, -0.25) is 4.79 Å².